The zero-order valence-electron chi connectivity index (χ0n) is 17.1. The van der Waals surface area contributed by atoms with Crippen LogP contribution in [0, 0.1) is 0 Å². The molecule has 0 radical (unpaired) electrons. The summed E-state index contributed by atoms with van der Waals surface area (Å²) in [6, 6.07) is 8.41. The number of imide groups is 1. The molecule has 0 bridgehead atoms. The molecule has 14 heteroatoms. The summed E-state index contributed by atoms with van der Waals surface area (Å²) in [5.74, 6) is -0.821. The number of hydrogen-bond acceptors (Lipinski definition) is 6. The van der Waals surface area contributed by atoms with Crippen LogP contribution >= 0.6 is 23.4 Å². The lowest BCUT2D eigenvalue weighted by atomic mass is 10.1. The second-order valence-corrected chi connectivity index (χ2v) is 10.5. The van der Waals surface area contributed by atoms with Crippen LogP contribution in [0.4, 0.5) is 18.0 Å². The maximum absolute atomic E-state index is 13.4. The molecule has 0 aliphatic carbocycles. The van der Waals surface area contributed by atoms with Gasteiger partial charge in [-0.2, -0.15) is 23.3 Å². The van der Waals surface area contributed by atoms with Crippen LogP contribution in [0.2, 0.25) is 5.02 Å². The molecule has 2 aromatic carbocycles. The summed E-state index contributed by atoms with van der Waals surface area (Å²) in [5.41, 5.74) is 0.211. The lowest BCUT2D eigenvalue weighted by molar-refractivity contribution is -0.138. The number of nitrogens with zero attached hydrogens (tertiary/aromatic N) is 3. The van der Waals surface area contributed by atoms with Crippen LogP contribution in [-0.4, -0.2) is 40.6 Å². The molecular weight excluding hydrogens is 517 g/mol. The van der Waals surface area contributed by atoms with E-state index < -0.39 is 32.9 Å². The van der Waals surface area contributed by atoms with Gasteiger partial charge in [-0.15, -0.1) is 4.83 Å². The minimum atomic E-state index is -4.58. The Morgan fingerprint density at radius 3 is 2.59 bits per heavy atom. The fourth-order valence-electron chi connectivity index (χ4n) is 3.30. The Balaban J connectivity index is 1.62. The van der Waals surface area contributed by atoms with Gasteiger partial charge in [0.15, 0.2) is 0 Å². The summed E-state index contributed by atoms with van der Waals surface area (Å²) in [7, 11) is -3.83. The Hall–Kier alpha value is -2.87. The van der Waals surface area contributed by atoms with E-state index in [1.807, 2.05) is 4.83 Å². The summed E-state index contributed by atoms with van der Waals surface area (Å²) < 4.78 is 64.3. The minimum absolute atomic E-state index is 0.00183. The van der Waals surface area contributed by atoms with Crippen LogP contribution in [-0.2, 0) is 27.5 Å². The Bertz CT molecular complexity index is 1470. The number of aromatic nitrogens is 2. The van der Waals surface area contributed by atoms with Gasteiger partial charge in [-0.3, -0.25) is 14.3 Å². The Morgan fingerprint density at radius 2 is 1.91 bits per heavy atom. The number of fused-ring (bicyclic) bond motifs is 1. The number of carbonyl (C=O) groups excluding carboxylic acids is 2. The van der Waals surface area contributed by atoms with Crippen molar-refractivity contribution in [3.05, 3.63) is 69.2 Å². The van der Waals surface area contributed by atoms with Gasteiger partial charge in [0.05, 0.1) is 35.0 Å². The van der Waals surface area contributed by atoms with Crippen LogP contribution in [0.25, 0.3) is 17.0 Å². The molecule has 0 unspecified atom stereocenters. The summed E-state index contributed by atoms with van der Waals surface area (Å²) in [6.45, 7) is -0.148. The number of benzene rings is 2. The summed E-state index contributed by atoms with van der Waals surface area (Å²) >= 11 is 6.30. The highest BCUT2D eigenvalue weighted by Crippen LogP contribution is 2.35. The molecule has 1 aliphatic rings. The zero-order chi connectivity index (χ0) is 24.8. The van der Waals surface area contributed by atoms with Gasteiger partial charge in [0.2, 0.25) is 10.0 Å². The SMILES string of the molecule is CS(=O)(=O)NN1C(=O)S/C(=C/c2ccc3c(cnn3Cc3ccc(Cl)cc3C(F)(F)F)c2)C1=O. The molecule has 2 amide bonds. The molecule has 3 aromatic rings. The Kier molecular flexibility index (Phi) is 6.23. The van der Waals surface area contributed by atoms with E-state index in [0.717, 1.165) is 12.3 Å². The monoisotopic (exact) mass is 530 g/mol. The van der Waals surface area contributed by atoms with Gasteiger partial charge >= 0.3 is 11.4 Å². The van der Waals surface area contributed by atoms with Crippen LogP contribution in [0.1, 0.15) is 16.7 Å². The molecule has 0 atom stereocenters. The van der Waals surface area contributed by atoms with Crippen molar-refractivity contribution in [2.24, 2.45) is 0 Å². The molecule has 178 valence electrons. The minimum Gasteiger partial charge on any atom is -0.266 e. The third kappa shape index (κ3) is 5.12. The fourth-order valence-corrected chi connectivity index (χ4v) is 4.81. The molecular formula is C20H14ClF3N4O4S2. The van der Waals surface area contributed by atoms with Crippen molar-refractivity contribution in [1.82, 2.24) is 19.6 Å². The predicted octanol–water partition coefficient (Wildman–Crippen LogP) is 4.26. The molecule has 0 spiro atoms. The molecule has 0 saturated carbocycles. The normalized spacial score (nSPS) is 16.3. The van der Waals surface area contributed by atoms with E-state index in [1.165, 1.54) is 29.1 Å². The van der Waals surface area contributed by atoms with Gasteiger partial charge < -0.3 is 0 Å². The zero-order valence-corrected chi connectivity index (χ0v) is 19.5. The molecule has 34 heavy (non-hydrogen) atoms. The summed E-state index contributed by atoms with van der Waals surface area (Å²) in [6.07, 6.45) is -0.891. The van der Waals surface area contributed by atoms with E-state index in [4.69, 9.17) is 11.6 Å². The molecule has 2 heterocycles. The number of carbonyl (C=O) groups is 2. The van der Waals surface area contributed by atoms with Crippen LogP contribution in [0.5, 0.6) is 0 Å². The van der Waals surface area contributed by atoms with Crippen molar-refractivity contribution in [2.75, 3.05) is 6.26 Å². The van der Waals surface area contributed by atoms with Gasteiger partial charge in [-0.1, -0.05) is 23.7 Å². The summed E-state index contributed by atoms with van der Waals surface area (Å²) in [4.78, 5) is 26.2. The number of nitrogens with one attached hydrogen (secondary N) is 1. The van der Waals surface area contributed by atoms with Gasteiger partial charge in [0.25, 0.3) is 5.91 Å². The summed E-state index contributed by atoms with van der Waals surface area (Å²) in [5, 5.41) is 4.35. The number of alkyl halides is 3. The first-order chi connectivity index (χ1) is 15.8. The quantitative estimate of drug-likeness (QED) is 0.495. The van der Waals surface area contributed by atoms with Gasteiger partial charge in [0, 0.05) is 10.4 Å². The van der Waals surface area contributed by atoms with Crippen molar-refractivity contribution in [2.45, 2.75) is 12.7 Å². The van der Waals surface area contributed by atoms with E-state index >= 15 is 0 Å². The van der Waals surface area contributed by atoms with Crippen molar-refractivity contribution in [3.8, 4) is 0 Å². The molecule has 1 fully saturated rings. The number of hydrogen-bond donors (Lipinski definition) is 1. The number of halogens is 4. The van der Waals surface area contributed by atoms with Crippen LogP contribution < -0.4 is 4.83 Å². The third-order valence-corrected chi connectivity index (χ3v) is 6.33. The number of sulfonamides is 1. The number of hydrazine groups is 1. The maximum Gasteiger partial charge on any atom is 0.416 e. The van der Waals surface area contributed by atoms with Crippen molar-refractivity contribution in [3.63, 3.8) is 0 Å². The molecule has 1 aliphatic heterocycles. The molecule has 1 saturated heterocycles. The van der Waals surface area contributed by atoms with E-state index in [1.54, 1.807) is 18.2 Å². The van der Waals surface area contributed by atoms with E-state index in [0.29, 0.717) is 33.2 Å². The predicted molar refractivity (Wildman–Crippen MR) is 121 cm³/mol. The Morgan fingerprint density at radius 1 is 1.18 bits per heavy atom. The van der Waals surface area contributed by atoms with Gasteiger partial charge in [0.1, 0.15) is 0 Å². The average Bonchev–Trinajstić information content (AvgIpc) is 3.23. The van der Waals surface area contributed by atoms with Crippen molar-refractivity contribution >= 4 is 61.5 Å². The first-order valence-corrected chi connectivity index (χ1v) is 12.5. The van der Waals surface area contributed by atoms with Gasteiger partial charge in [-0.05, 0) is 53.2 Å². The highest BCUT2D eigenvalue weighted by atomic mass is 35.5. The van der Waals surface area contributed by atoms with Crippen molar-refractivity contribution < 1.29 is 31.2 Å². The lowest BCUT2D eigenvalue weighted by Gasteiger charge is -2.14. The highest BCUT2D eigenvalue weighted by molar-refractivity contribution is 8.18. The number of thioether (sulfide) groups is 1. The van der Waals surface area contributed by atoms with Crippen LogP contribution in [0.3, 0.4) is 0 Å². The highest BCUT2D eigenvalue weighted by Gasteiger charge is 2.37. The molecule has 8 nitrogen and oxygen atoms in total. The van der Waals surface area contributed by atoms with E-state index in [-0.39, 0.29) is 22.0 Å². The first kappa shape index (κ1) is 24.3. The first-order valence-electron chi connectivity index (χ1n) is 9.38. The maximum atomic E-state index is 13.4. The average molecular weight is 531 g/mol. The van der Waals surface area contributed by atoms with E-state index in [9.17, 15) is 31.2 Å². The Labute approximate surface area is 200 Å². The number of amides is 2. The topological polar surface area (TPSA) is 101 Å². The lowest BCUT2D eigenvalue weighted by Crippen LogP contribution is -2.44. The molecule has 4 rings (SSSR count). The smallest absolute Gasteiger partial charge is 0.266 e. The second-order valence-electron chi connectivity index (χ2n) is 7.30. The van der Waals surface area contributed by atoms with Crippen LogP contribution in [0.15, 0.2) is 47.5 Å². The van der Waals surface area contributed by atoms with Crippen molar-refractivity contribution in [1.29, 1.82) is 0 Å². The largest absolute Gasteiger partial charge is 0.416 e. The van der Waals surface area contributed by atoms with E-state index in [2.05, 4.69) is 5.10 Å². The standard InChI is InChI=1S/C20H14ClF3N4O4S2/c1-34(31,32)26-28-18(29)17(33-19(28)30)7-11-2-5-16-13(6-11)9-25-27(16)10-12-3-4-14(21)8-15(12)20(22,23)24/h2-9,26H,10H2,1H3/b17-7+. The second kappa shape index (κ2) is 8.73. The third-order valence-electron chi connectivity index (χ3n) is 4.71. The van der Waals surface area contributed by atoms with Gasteiger partial charge in [-0.25, -0.2) is 8.42 Å². The molecule has 1 aromatic heterocycles. The molecule has 1 N–H and O–H groups in total. The fraction of sp³-hybridized carbons (Fsp3) is 0.150. The number of rotatable bonds is 5.